The van der Waals surface area contributed by atoms with E-state index < -0.39 is 11.0 Å². The van der Waals surface area contributed by atoms with Crippen LogP contribution < -0.4 is 0 Å². The number of ether oxygens (including phenoxy) is 1. The molecule has 2 aliphatic rings. The zero-order valence-electron chi connectivity index (χ0n) is 16.5. The molecule has 0 aromatic heterocycles. The van der Waals surface area contributed by atoms with Crippen LogP contribution in [0.4, 0.5) is 0 Å². The summed E-state index contributed by atoms with van der Waals surface area (Å²) in [7, 11) is 0. The van der Waals surface area contributed by atoms with Gasteiger partial charge in [0.05, 0.1) is 0 Å². The van der Waals surface area contributed by atoms with Crippen LogP contribution in [0, 0.1) is 0 Å². The third kappa shape index (κ3) is 2.57. The summed E-state index contributed by atoms with van der Waals surface area (Å²) in [6.45, 7) is 2.18. The molecule has 0 saturated carbocycles. The highest BCUT2D eigenvalue weighted by atomic mass is 16.6. The molecule has 0 saturated heterocycles. The van der Waals surface area contributed by atoms with Crippen LogP contribution in [0.25, 0.3) is 0 Å². The summed E-state index contributed by atoms with van der Waals surface area (Å²) in [5, 5.41) is 0. The Morgan fingerprint density at radius 2 is 1.52 bits per heavy atom. The molecule has 0 spiro atoms. The molecule has 2 unspecified atom stereocenters. The quantitative estimate of drug-likeness (QED) is 0.587. The molecule has 29 heavy (non-hydrogen) atoms. The number of esters is 1. The second-order valence-electron chi connectivity index (χ2n) is 8.09. The number of aliphatic imine (C=N–C) groups is 1. The zero-order valence-corrected chi connectivity index (χ0v) is 16.5. The molecule has 144 valence electrons. The van der Waals surface area contributed by atoms with Gasteiger partial charge in [-0.2, -0.15) is 0 Å². The lowest BCUT2D eigenvalue weighted by Gasteiger charge is -2.45. The van der Waals surface area contributed by atoms with E-state index in [1.807, 2.05) is 60.7 Å². The predicted molar refractivity (Wildman–Crippen MR) is 114 cm³/mol. The Kier molecular flexibility index (Phi) is 4.13. The predicted octanol–water partition coefficient (Wildman–Crippen LogP) is 5.18. The van der Waals surface area contributed by atoms with E-state index in [4.69, 9.17) is 9.73 Å². The van der Waals surface area contributed by atoms with E-state index in [1.54, 1.807) is 0 Å². The minimum atomic E-state index is -1.10. The van der Waals surface area contributed by atoms with Gasteiger partial charge in [-0.1, -0.05) is 79.7 Å². The second kappa shape index (κ2) is 6.70. The van der Waals surface area contributed by atoms with E-state index in [1.165, 1.54) is 11.1 Å². The van der Waals surface area contributed by atoms with Crippen LogP contribution >= 0.6 is 0 Å². The van der Waals surface area contributed by atoms with Gasteiger partial charge in [-0.25, -0.2) is 9.79 Å². The number of nitrogens with zero attached hydrogens (tertiary/aromatic N) is 1. The number of cyclic esters (lactones) is 1. The zero-order chi connectivity index (χ0) is 19.9. The smallest absolute Gasteiger partial charge is 0.346 e. The van der Waals surface area contributed by atoms with E-state index in [9.17, 15) is 4.79 Å². The second-order valence-corrected chi connectivity index (χ2v) is 8.09. The standard InChI is InChI=1S/C26H23NO2/c1-25(18-10-14-19-11-8-9-17-22(19)25)26(21-15-6-3-7-16-21)24(28)29-23(27-26)20-12-4-2-5-13-20/h2-9,11-13,15-17H,10,14,18H2,1H3. The van der Waals surface area contributed by atoms with Gasteiger partial charge in [0.25, 0.3) is 0 Å². The highest BCUT2D eigenvalue weighted by Gasteiger charge is 2.61. The van der Waals surface area contributed by atoms with Crippen molar-refractivity contribution in [2.75, 3.05) is 0 Å². The Balaban J connectivity index is 1.79. The van der Waals surface area contributed by atoms with E-state index >= 15 is 0 Å². The summed E-state index contributed by atoms with van der Waals surface area (Å²) in [5.41, 5.74) is 2.62. The molecule has 5 rings (SSSR count). The molecule has 3 aromatic carbocycles. The lowest BCUT2D eigenvalue weighted by molar-refractivity contribution is -0.142. The summed E-state index contributed by atoms with van der Waals surface area (Å²) in [4.78, 5) is 18.7. The number of carbonyl (C=O) groups is 1. The van der Waals surface area contributed by atoms with Crippen LogP contribution in [0.2, 0.25) is 0 Å². The van der Waals surface area contributed by atoms with Crippen molar-refractivity contribution in [2.24, 2.45) is 4.99 Å². The molecule has 0 amide bonds. The van der Waals surface area contributed by atoms with Crippen LogP contribution in [0.1, 0.15) is 42.0 Å². The van der Waals surface area contributed by atoms with Gasteiger partial charge in [0.15, 0.2) is 5.54 Å². The number of carbonyl (C=O) groups excluding carboxylic acids is 1. The number of fused-ring (bicyclic) bond motifs is 1. The first-order chi connectivity index (χ1) is 14.1. The van der Waals surface area contributed by atoms with Gasteiger partial charge in [-0.3, -0.25) is 0 Å². The van der Waals surface area contributed by atoms with Crippen LogP contribution in [-0.2, 0) is 26.9 Å². The highest BCUT2D eigenvalue weighted by Crippen LogP contribution is 2.54. The van der Waals surface area contributed by atoms with Gasteiger partial charge in [0.2, 0.25) is 5.90 Å². The maximum absolute atomic E-state index is 13.7. The van der Waals surface area contributed by atoms with Gasteiger partial charge in [-0.05, 0) is 48.1 Å². The average molecular weight is 381 g/mol. The Morgan fingerprint density at radius 1 is 0.862 bits per heavy atom. The van der Waals surface area contributed by atoms with E-state index in [2.05, 4.69) is 31.2 Å². The van der Waals surface area contributed by atoms with Crippen molar-refractivity contribution in [1.82, 2.24) is 0 Å². The fourth-order valence-corrected chi connectivity index (χ4v) is 5.04. The minimum absolute atomic E-state index is 0.290. The molecule has 3 heteroatoms. The van der Waals surface area contributed by atoms with Crippen molar-refractivity contribution in [3.63, 3.8) is 0 Å². The number of aryl methyl sites for hydroxylation is 1. The van der Waals surface area contributed by atoms with Gasteiger partial charge in [0, 0.05) is 11.0 Å². The molecule has 1 heterocycles. The van der Waals surface area contributed by atoms with E-state index in [0.29, 0.717) is 5.90 Å². The Morgan fingerprint density at radius 3 is 2.28 bits per heavy atom. The number of benzene rings is 3. The van der Waals surface area contributed by atoms with E-state index in [0.717, 1.165) is 30.4 Å². The van der Waals surface area contributed by atoms with Crippen LogP contribution in [0.5, 0.6) is 0 Å². The molecule has 0 bridgehead atoms. The topological polar surface area (TPSA) is 38.7 Å². The Bertz CT molecular complexity index is 1090. The van der Waals surface area contributed by atoms with Crippen molar-refractivity contribution in [3.05, 3.63) is 107 Å². The van der Waals surface area contributed by atoms with Crippen LogP contribution in [0.3, 0.4) is 0 Å². The lowest BCUT2D eigenvalue weighted by Crippen LogP contribution is -2.51. The molecule has 0 radical (unpaired) electrons. The minimum Gasteiger partial charge on any atom is -0.405 e. The maximum Gasteiger partial charge on any atom is 0.346 e. The maximum atomic E-state index is 13.7. The summed E-state index contributed by atoms with van der Waals surface area (Å²) in [5.74, 6) is 0.116. The van der Waals surface area contributed by atoms with Gasteiger partial charge < -0.3 is 4.74 Å². The summed E-state index contributed by atoms with van der Waals surface area (Å²) >= 11 is 0. The Labute approximate surface area is 171 Å². The van der Waals surface area contributed by atoms with Gasteiger partial charge in [0.1, 0.15) is 0 Å². The first kappa shape index (κ1) is 17.9. The highest BCUT2D eigenvalue weighted by molar-refractivity contribution is 6.09. The van der Waals surface area contributed by atoms with Crippen LogP contribution in [-0.4, -0.2) is 11.9 Å². The molecule has 2 atom stereocenters. The monoisotopic (exact) mass is 381 g/mol. The van der Waals surface area contributed by atoms with Crippen molar-refractivity contribution in [2.45, 2.75) is 37.1 Å². The molecule has 1 aliphatic heterocycles. The van der Waals surface area contributed by atoms with Gasteiger partial charge in [-0.15, -0.1) is 0 Å². The fourth-order valence-electron chi connectivity index (χ4n) is 5.04. The first-order valence-corrected chi connectivity index (χ1v) is 10.2. The molecular weight excluding hydrogens is 358 g/mol. The molecule has 1 aliphatic carbocycles. The average Bonchev–Trinajstić information content (AvgIpc) is 3.14. The molecule has 0 fully saturated rings. The normalized spacial score (nSPS) is 25.8. The fraction of sp³-hybridized carbons (Fsp3) is 0.231. The van der Waals surface area contributed by atoms with Crippen molar-refractivity contribution in [1.29, 1.82) is 0 Å². The summed E-state index contributed by atoms with van der Waals surface area (Å²) in [6, 6.07) is 28.1. The van der Waals surface area contributed by atoms with Gasteiger partial charge >= 0.3 is 5.97 Å². The SMILES string of the molecule is CC1(C2(c3ccccc3)N=C(c3ccccc3)OC2=O)CCCc2ccccc21. The molecule has 0 N–H and O–H groups in total. The van der Waals surface area contributed by atoms with Crippen LogP contribution in [0.15, 0.2) is 89.9 Å². The van der Waals surface area contributed by atoms with Crippen molar-refractivity contribution >= 4 is 11.9 Å². The molecular formula is C26H23NO2. The third-order valence-corrected chi connectivity index (χ3v) is 6.50. The molecule has 3 aromatic rings. The summed E-state index contributed by atoms with van der Waals surface area (Å²) < 4.78 is 5.86. The number of hydrogen-bond donors (Lipinski definition) is 0. The number of rotatable bonds is 3. The third-order valence-electron chi connectivity index (χ3n) is 6.50. The summed E-state index contributed by atoms with van der Waals surface area (Å²) in [6.07, 6.45) is 2.92. The molecule has 3 nitrogen and oxygen atoms in total. The Hall–Kier alpha value is -3.20. The first-order valence-electron chi connectivity index (χ1n) is 10.2. The number of hydrogen-bond acceptors (Lipinski definition) is 3. The largest absolute Gasteiger partial charge is 0.405 e. The van der Waals surface area contributed by atoms with E-state index in [-0.39, 0.29) is 5.97 Å². The van der Waals surface area contributed by atoms with Crippen molar-refractivity contribution < 1.29 is 9.53 Å². The van der Waals surface area contributed by atoms with Crippen molar-refractivity contribution in [3.8, 4) is 0 Å². The lowest BCUT2D eigenvalue weighted by atomic mass is 9.58.